The van der Waals surface area contributed by atoms with Gasteiger partial charge in [-0.3, -0.25) is 4.79 Å². The Kier molecular flexibility index (Phi) is 4.00. The molecule has 8 nitrogen and oxygen atoms in total. The Morgan fingerprint density at radius 1 is 1.48 bits per heavy atom. The first kappa shape index (κ1) is 13.8. The molecule has 0 aromatic carbocycles. The number of hydrogen-bond acceptors (Lipinski definition) is 8. The van der Waals surface area contributed by atoms with Gasteiger partial charge in [-0.05, 0) is 12.8 Å². The van der Waals surface area contributed by atoms with E-state index in [0.717, 1.165) is 31.1 Å². The van der Waals surface area contributed by atoms with Crippen LogP contribution in [0.1, 0.15) is 28.3 Å². The standard InChI is InChI=1S/C12H16N6O2S/c13-10-9(21-12(16-10)18-5-1-2-6-18)11(19)14-4-3-8-15-7-20-17-8/h7H,1-6,13H2,(H,14,19). The number of carbonyl (C=O) groups excluding carboxylic acids is 1. The number of anilines is 2. The average molecular weight is 308 g/mol. The summed E-state index contributed by atoms with van der Waals surface area (Å²) in [5.74, 6) is 0.642. The van der Waals surface area contributed by atoms with Crippen molar-refractivity contribution in [2.75, 3.05) is 30.3 Å². The molecule has 0 atom stereocenters. The van der Waals surface area contributed by atoms with Crippen LogP contribution in [0.3, 0.4) is 0 Å². The van der Waals surface area contributed by atoms with Crippen LogP contribution in [0.2, 0.25) is 0 Å². The van der Waals surface area contributed by atoms with E-state index in [0.29, 0.717) is 29.5 Å². The van der Waals surface area contributed by atoms with Crippen molar-refractivity contribution >= 4 is 28.2 Å². The summed E-state index contributed by atoms with van der Waals surface area (Å²) in [4.78, 5) is 22.9. The summed E-state index contributed by atoms with van der Waals surface area (Å²) in [5, 5.41) is 7.30. The van der Waals surface area contributed by atoms with Gasteiger partial charge in [0, 0.05) is 26.1 Å². The normalized spacial score (nSPS) is 14.6. The molecular weight excluding hydrogens is 292 g/mol. The highest BCUT2D eigenvalue weighted by molar-refractivity contribution is 7.18. The lowest BCUT2D eigenvalue weighted by Crippen LogP contribution is -2.25. The van der Waals surface area contributed by atoms with Crippen LogP contribution < -0.4 is 16.0 Å². The fourth-order valence-corrected chi connectivity index (χ4v) is 3.15. The third-order valence-corrected chi connectivity index (χ3v) is 4.40. The second-order valence-corrected chi connectivity index (χ2v) is 5.74. The zero-order valence-electron chi connectivity index (χ0n) is 11.4. The molecule has 21 heavy (non-hydrogen) atoms. The molecular formula is C12H16N6O2S. The minimum atomic E-state index is -0.209. The van der Waals surface area contributed by atoms with Crippen LogP contribution in [-0.4, -0.2) is 40.7 Å². The molecule has 3 rings (SSSR count). The Balaban J connectivity index is 1.58. The summed E-state index contributed by atoms with van der Waals surface area (Å²) < 4.78 is 4.63. The van der Waals surface area contributed by atoms with Crippen molar-refractivity contribution in [1.82, 2.24) is 20.4 Å². The lowest BCUT2D eigenvalue weighted by Gasteiger charge is -2.11. The highest BCUT2D eigenvalue weighted by Crippen LogP contribution is 2.30. The summed E-state index contributed by atoms with van der Waals surface area (Å²) in [6.07, 6.45) is 4.10. The van der Waals surface area contributed by atoms with Crippen molar-refractivity contribution in [1.29, 1.82) is 0 Å². The van der Waals surface area contributed by atoms with E-state index in [1.807, 2.05) is 0 Å². The largest absolute Gasteiger partial charge is 0.382 e. The Morgan fingerprint density at radius 3 is 3.00 bits per heavy atom. The Hall–Kier alpha value is -2.16. The first-order valence-electron chi connectivity index (χ1n) is 6.79. The van der Waals surface area contributed by atoms with E-state index in [2.05, 4.69) is 29.9 Å². The van der Waals surface area contributed by atoms with Crippen molar-refractivity contribution in [3.8, 4) is 0 Å². The topological polar surface area (TPSA) is 110 Å². The number of amides is 1. The molecule has 0 radical (unpaired) electrons. The van der Waals surface area contributed by atoms with Crippen LogP contribution in [0, 0.1) is 0 Å². The highest BCUT2D eigenvalue weighted by atomic mass is 32.1. The van der Waals surface area contributed by atoms with Crippen LogP contribution in [0.15, 0.2) is 10.9 Å². The molecule has 1 aliphatic rings. The number of nitrogen functional groups attached to an aromatic ring is 1. The Morgan fingerprint density at radius 2 is 2.29 bits per heavy atom. The fourth-order valence-electron chi connectivity index (χ4n) is 2.20. The van der Waals surface area contributed by atoms with Crippen molar-refractivity contribution in [3.05, 3.63) is 17.1 Å². The molecule has 1 fully saturated rings. The molecule has 112 valence electrons. The van der Waals surface area contributed by atoms with Gasteiger partial charge in [-0.1, -0.05) is 16.5 Å². The Bertz CT molecular complexity index is 605. The summed E-state index contributed by atoms with van der Waals surface area (Å²) in [6, 6.07) is 0. The zero-order chi connectivity index (χ0) is 14.7. The summed E-state index contributed by atoms with van der Waals surface area (Å²) in [5.41, 5.74) is 5.85. The van der Waals surface area contributed by atoms with Gasteiger partial charge in [-0.15, -0.1) is 0 Å². The molecule has 1 aliphatic heterocycles. The summed E-state index contributed by atoms with van der Waals surface area (Å²) in [7, 11) is 0. The van der Waals surface area contributed by atoms with Gasteiger partial charge in [-0.2, -0.15) is 4.98 Å². The lowest BCUT2D eigenvalue weighted by atomic mass is 10.4. The van der Waals surface area contributed by atoms with Crippen molar-refractivity contribution in [2.24, 2.45) is 0 Å². The monoisotopic (exact) mass is 308 g/mol. The van der Waals surface area contributed by atoms with Gasteiger partial charge < -0.3 is 20.5 Å². The summed E-state index contributed by atoms with van der Waals surface area (Å²) >= 11 is 1.34. The number of nitrogens with one attached hydrogen (secondary N) is 1. The first-order chi connectivity index (χ1) is 10.2. The number of rotatable bonds is 5. The zero-order valence-corrected chi connectivity index (χ0v) is 12.2. The second-order valence-electron chi connectivity index (χ2n) is 4.76. The maximum atomic E-state index is 12.1. The molecule has 0 saturated carbocycles. The number of aromatic nitrogens is 3. The van der Waals surface area contributed by atoms with E-state index in [1.165, 1.54) is 17.7 Å². The van der Waals surface area contributed by atoms with E-state index in [9.17, 15) is 4.79 Å². The lowest BCUT2D eigenvalue weighted by molar-refractivity contribution is 0.0958. The van der Waals surface area contributed by atoms with Crippen molar-refractivity contribution < 1.29 is 9.32 Å². The number of hydrogen-bond donors (Lipinski definition) is 2. The quantitative estimate of drug-likeness (QED) is 0.835. The molecule has 2 aromatic rings. The van der Waals surface area contributed by atoms with Crippen LogP contribution >= 0.6 is 11.3 Å². The van der Waals surface area contributed by atoms with Gasteiger partial charge in [0.2, 0.25) is 6.39 Å². The van der Waals surface area contributed by atoms with E-state index < -0.39 is 0 Å². The third kappa shape index (κ3) is 3.13. The SMILES string of the molecule is Nc1nc(N2CCCC2)sc1C(=O)NCCc1ncon1. The molecule has 9 heteroatoms. The fraction of sp³-hybridized carbons (Fsp3) is 0.500. The molecule has 3 N–H and O–H groups in total. The molecule has 1 saturated heterocycles. The van der Waals surface area contributed by atoms with Gasteiger partial charge >= 0.3 is 0 Å². The molecule has 0 aliphatic carbocycles. The minimum Gasteiger partial charge on any atom is -0.382 e. The molecule has 1 amide bonds. The highest BCUT2D eigenvalue weighted by Gasteiger charge is 2.21. The Labute approximate surface area is 125 Å². The molecule has 0 unspecified atom stereocenters. The number of nitrogens with zero attached hydrogens (tertiary/aromatic N) is 4. The summed E-state index contributed by atoms with van der Waals surface area (Å²) in [6.45, 7) is 2.38. The van der Waals surface area contributed by atoms with Gasteiger partial charge in [-0.25, -0.2) is 4.98 Å². The van der Waals surface area contributed by atoms with E-state index in [-0.39, 0.29) is 5.91 Å². The minimum absolute atomic E-state index is 0.209. The number of thiazole rings is 1. The number of carbonyl (C=O) groups is 1. The predicted octanol–water partition coefficient (Wildman–Crippen LogP) is 0.681. The van der Waals surface area contributed by atoms with Crippen LogP contribution in [0.5, 0.6) is 0 Å². The predicted molar refractivity (Wildman–Crippen MR) is 78.3 cm³/mol. The van der Waals surface area contributed by atoms with Crippen LogP contribution in [-0.2, 0) is 6.42 Å². The van der Waals surface area contributed by atoms with E-state index >= 15 is 0 Å². The third-order valence-electron chi connectivity index (χ3n) is 3.27. The van der Waals surface area contributed by atoms with E-state index in [1.54, 1.807) is 0 Å². The maximum absolute atomic E-state index is 12.1. The molecule has 0 spiro atoms. The molecule has 0 bridgehead atoms. The second kappa shape index (κ2) is 6.08. The first-order valence-corrected chi connectivity index (χ1v) is 7.60. The van der Waals surface area contributed by atoms with Crippen molar-refractivity contribution in [3.63, 3.8) is 0 Å². The smallest absolute Gasteiger partial charge is 0.265 e. The van der Waals surface area contributed by atoms with Gasteiger partial charge in [0.15, 0.2) is 11.0 Å². The van der Waals surface area contributed by atoms with Gasteiger partial charge in [0.05, 0.1) is 0 Å². The maximum Gasteiger partial charge on any atom is 0.265 e. The molecule has 3 heterocycles. The van der Waals surface area contributed by atoms with Gasteiger partial charge in [0.25, 0.3) is 5.91 Å². The molecule has 2 aromatic heterocycles. The van der Waals surface area contributed by atoms with Crippen LogP contribution in [0.25, 0.3) is 0 Å². The van der Waals surface area contributed by atoms with Gasteiger partial charge in [0.1, 0.15) is 10.7 Å². The number of nitrogens with two attached hydrogens (primary N) is 1. The van der Waals surface area contributed by atoms with Crippen molar-refractivity contribution in [2.45, 2.75) is 19.3 Å². The van der Waals surface area contributed by atoms with E-state index in [4.69, 9.17) is 5.73 Å². The van der Waals surface area contributed by atoms with Crippen LogP contribution in [0.4, 0.5) is 10.9 Å². The average Bonchev–Trinajstić information content (AvgIpc) is 3.19.